The van der Waals surface area contributed by atoms with Crippen molar-refractivity contribution in [3.8, 4) is 0 Å². The Bertz CT molecular complexity index is 157. The van der Waals surface area contributed by atoms with E-state index in [1.807, 2.05) is 0 Å². The van der Waals surface area contributed by atoms with Crippen molar-refractivity contribution in [3.05, 3.63) is 0 Å². The van der Waals surface area contributed by atoms with Gasteiger partial charge in [-0.2, -0.15) is 0 Å². The van der Waals surface area contributed by atoms with E-state index in [0.29, 0.717) is 0 Å². The standard InChI is InChI=1S/C6H10O4.K.H/c1-6(2)9-3-4(10-6)5(7)8;;/h4H,3H2,1-2H3,(H,7,8);;/t4-;;/m0../s1. The molecule has 5 heteroatoms. The molecule has 0 amide bonds. The number of carboxylic acid groups (broad SMARTS) is 1. The van der Waals surface area contributed by atoms with E-state index in [1.54, 1.807) is 13.8 Å². The van der Waals surface area contributed by atoms with Crippen molar-refractivity contribution in [2.75, 3.05) is 6.61 Å². The molecule has 0 aliphatic carbocycles. The van der Waals surface area contributed by atoms with Crippen LogP contribution in [0.1, 0.15) is 13.8 Å². The van der Waals surface area contributed by atoms with Gasteiger partial charge in [0.25, 0.3) is 0 Å². The summed E-state index contributed by atoms with van der Waals surface area (Å²) in [5, 5.41) is 8.44. The summed E-state index contributed by atoms with van der Waals surface area (Å²) in [5.74, 6) is -1.70. The molecule has 1 heterocycles. The fraction of sp³-hybridized carbons (Fsp3) is 0.833. The molecule has 1 aliphatic heterocycles. The number of aliphatic carboxylic acids is 1. The molecule has 1 fully saturated rings. The molecule has 0 saturated carbocycles. The first kappa shape index (κ1) is 12.0. The minimum absolute atomic E-state index is 0. The Morgan fingerprint density at radius 3 is 2.36 bits per heavy atom. The molecular formula is C6H11KO4. The van der Waals surface area contributed by atoms with Gasteiger partial charge in [0.05, 0.1) is 6.61 Å². The monoisotopic (exact) mass is 186 g/mol. The van der Waals surface area contributed by atoms with Crippen LogP contribution in [0.15, 0.2) is 0 Å². The molecule has 11 heavy (non-hydrogen) atoms. The van der Waals surface area contributed by atoms with Crippen LogP contribution in [0.25, 0.3) is 0 Å². The minimum atomic E-state index is -0.967. The Balaban J connectivity index is 0.000001000. The number of hydrogen-bond acceptors (Lipinski definition) is 3. The Labute approximate surface area is 108 Å². The second-order valence-electron chi connectivity index (χ2n) is 2.66. The summed E-state index contributed by atoms with van der Waals surface area (Å²) in [5.41, 5.74) is 0. The molecule has 1 atom stereocenters. The molecule has 0 bridgehead atoms. The average molecular weight is 186 g/mol. The van der Waals surface area contributed by atoms with Crippen LogP contribution in [0.3, 0.4) is 0 Å². The van der Waals surface area contributed by atoms with E-state index in [-0.39, 0.29) is 58.0 Å². The van der Waals surface area contributed by atoms with E-state index in [0.717, 1.165) is 0 Å². The van der Waals surface area contributed by atoms with Crippen LogP contribution in [0.4, 0.5) is 0 Å². The summed E-state index contributed by atoms with van der Waals surface area (Å²) in [4.78, 5) is 10.3. The quantitative estimate of drug-likeness (QED) is 0.565. The van der Waals surface area contributed by atoms with Crippen molar-refractivity contribution in [1.82, 2.24) is 0 Å². The molecule has 0 unspecified atom stereocenters. The summed E-state index contributed by atoms with van der Waals surface area (Å²) < 4.78 is 10.00. The topological polar surface area (TPSA) is 55.8 Å². The fourth-order valence-corrected chi connectivity index (χ4v) is 0.809. The van der Waals surface area contributed by atoms with Gasteiger partial charge in [0.2, 0.25) is 0 Å². The molecule has 1 N–H and O–H groups in total. The number of carboxylic acids is 1. The maximum absolute atomic E-state index is 10.3. The van der Waals surface area contributed by atoms with Gasteiger partial charge in [-0.1, -0.05) is 0 Å². The normalized spacial score (nSPS) is 27.6. The van der Waals surface area contributed by atoms with E-state index in [9.17, 15) is 4.79 Å². The van der Waals surface area contributed by atoms with Crippen LogP contribution in [0, 0.1) is 0 Å². The summed E-state index contributed by atoms with van der Waals surface area (Å²) in [6, 6.07) is 0. The van der Waals surface area contributed by atoms with Crippen LogP contribution in [0.2, 0.25) is 0 Å². The summed E-state index contributed by atoms with van der Waals surface area (Å²) >= 11 is 0. The second kappa shape index (κ2) is 4.32. The van der Waals surface area contributed by atoms with Gasteiger partial charge in [0.1, 0.15) is 0 Å². The Kier molecular flexibility index (Phi) is 4.72. The van der Waals surface area contributed by atoms with Crippen molar-refractivity contribution in [2.24, 2.45) is 0 Å². The molecule has 0 aromatic rings. The van der Waals surface area contributed by atoms with Crippen molar-refractivity contribution < 1.29 is 19.4 Å². The van der Waals surface area contributed by atoms with Gasteiger partial charge in [-0.3, -0.25) is 0 Å². The van der Waals surface area contributed by atoms with Crippen LogP contribution < -0.4 is 0 Å². The van der Waals surface area contributed by atoms with Crippen molar-refractivity contribution in [3.63, 3.8) is 0 Å². The maximum atomic E-state index is 10.3. The first-order chi connectivity index (χ1) is 4.51. The molecule has 1 aliphatic rings. The number of ether oxygens (including phenoxy) is 2. The second-order valence-corrected chi connectivity index (χ2v) is 2.66. The number of hydrogen-bond donors (Lipinski definition) is 1. The van der Waals surface area contributed by atoms with Gasteiger partial charge in [0.15, 0.2) is 11.9 Å². The fourth-order valence-electron chi connectivity index (χ4n) is 0.809. The van der Waals surface area contributed by atoms with Crippen molar-refractivity contribution in [2.45, 2.75) is 25.7 Å². The third kappa shape index (κ3) is 3.50. The zero-order valence-electron chi connectivity index (χ0n) is 5.96. The predicted octanol–water partition coefficient (Wildman–Crippen LogP) is -0.426. The number of rotatable bonds is 1. The molecule has 0 aromatic heterocycles. The first-order valence-corrected chi connectivity index (χ1v) is 3.06. The van der Waals surface area contributed by atoms with Crippen molar-refractivity contribution >= 4 is 57.4 Å². The van der Waals surface area contributed by atoms with Gasteiger partial charge in [-0.15, -0.1) is 0 Å². The molecule has 0 spiro atoms. The summed E-state index contributed by atoms with van der Waals surface area (Å²) in [6.45, 7) is 3.52. The van der Waals surface area contributed by atoms with Gasteiger partial charge < -0.3 is 14.6 Å². The molecule has 1 rings (SSSR count). The van der Waals surface area contributed by atoms with Crippen LogP contribution in [-0.4, -0.2) is 81.0 Å². The summed E-state index contributed by atoms with van der Waals surface area (Å²) in [6.07, 6.45) is -0.796. The SMILES string of the molecule is CC1(C)OC[C@@H](C(=O)O)O1.[KH]. The summed E-state index contributed by atoms with van der Waals surface area (Å²) in [7, 11) is 0. The van der Waals surface area contributed by atoms with Crippen molar-refractivity contribution in [1.29, 1.82) is 0 Å². The van der Waals surface area contributed by atoms with Gasteiger partial charge in [-0.25, -0.2) is 4.79 Å². The predicted molar refractivity (Wildman–Crippen MR) is 39.7 cm³/mol. The third-order valence-corrected chi connectivity index (χ3v) is 1.28. The third-order valence-electron chi connectivity index (χ3n) is 1.28. The van der Waals surface area contributed by atoms with E-state index in [2.05, 4.69) is 0 Å². The molecule has 0 radical (unpaired) electrons. The first-order valence-electron chi connectivity index (χ1n) is 3.06. The van der Waals surface area contributed by atoms with Gasteiger partial charge in [0, 0.05) is 0 Å². The number of carbonyl (C=O) groups is 1. The molecule has 60 valence electrons. The Morgan fingerprint density at radius 2 is 2.18 bits per heavy atom. The van der Waals surface area contributed by atoms with E-state index < -0.39 is 17.9 Å². The zero-order chi connectivity index (χ0) is 7.78. The van der Waals surface area contributed by atoms with Gasteiger partial charge in [-0.05, 0) is 13.8 Å². The van der Waals surface area contributed by atoms with Crippen LogP contribution >= 0.6 is 0 Å². The van der Waals surface area contributed by atoms with E-state index in [4.69, 9.17) is 14.6 Å². The average Bonchev–Trinajstić information content (AvgIpc) is 2.10. The molecule has 0 aromatic carbocycles. The Morgan fingerprint density at radius 1 is 1.64 bits per heavy atom. The molecular weight excluding hydrogens is 175 g/mol. The molecule has 4 nitrogen and oxygen atoms in total. The Hall–Kier alpha value is 1.03. The molecule has 1 saturated heterocycles. The zero-order valence-corrected chi connectivity index (χ0v) is 5.96. The van der Waals surface area contributed by atoms with Gasteiger partial charge >= 0.3 is 57.4 Å². The van der Waals surface area contributed by atoms with E-state index >= 15 is 0 Å². The van der Waals surface area contributed by atoms with Crippen LogP contribution in [-0.2, 0) is 14.3 Å². The van der Waals surface area contributed by atoms with E-state index in [1.165, 1.54) is 0 Å². The van der Waals surface area contributed by atoms with Crippen LogP contribution in [0.5, 0.6) is 0 Å².